The second-order valence-corrected chi connectivity index (χ2v) is 5.88. The van der Waals surface area contributed by atoms with Crippen molar-refractivity contribution in [3.8, 4) is 0 Å². The molecule has 1 saturated heterocycles. The summed E-state index contributed by atoms with van der Waals surface area (Å²) in [4.78, 5) is 13.7. The van der Waals surface area contributed by atoms with Gasteiger partial charge in [0.1, 0.15) is 11.6 Å². The first-order valence-corrected chi connectivity index (χ1v) is 7.52. The van der Waals surface area contributed by atoms with E-state index in [1.165, 1.54) is 0 Å². The van der Waals surface area contributed by atoms with Crippen LogP contribution in [0.1, 0.15) is 23.7 Å². The van der Waals surface area contributed by atoms with E-state index in [1.807, 2.05) is 0 Å². The first-order valence-electron chi connectivity index (χ1n) is 7.52. The van der Waals surface area contributed by atoms with E-state index in [0.29, 0.717) is 5.69 Å². The van der Waals surface area contributed by atoms with Crippen LogP contribution in [0.5, 0.6) is 0 Å². The number of carbonyl (C=O) groups is 1. The SMILES string of the molecule is Cc1cc(NC(=O)CN2C[C@H](O)C[C@H]2c2cc(F)ccc2F)on1. The van der Waals surface area contributed by atoms with E-state index in [2.05, 4.69) is 10.5 Å². The normalized spacial score (nSPS) is 21.2. The van der Waals surface area contributed by atoms with Gasteiger partial charge in [-0.3, -0.25) is 15.0 Å². The summed E-state index contributed by atoms with van der Waals surface area (Å²) in [6, 6.07) is 4.18. The highest BCUT2D eigenvalue weighted by Crippen LogP contribution is 2.33. The molecule has 1 aromatic carbocycles. The first kappa shape index (κ1) is 16.5. The average molecular weight is 337 g/mol. The Kier molecular flexibility index (Phi) is 4.59. The molecule has 0 bridgehead atoms. The summed E-state index contributed by atoms with van der Waals surface area (Å²) in [6.07, 6.45) is -0.479. The molecule has 0 saturated carbocycles. The third-order valence-electron chi connectivity index (χ3n) is 3.94. The zero-order valence-corrected chi connectivity index (χ0v) is 13.0. The van der Waals surface area contributed by atoms with Crippen molar-refractivity contribution < 1.29 is 23.2 Å². The van der Waals surface area contributed by atoms with Crippen molar-refractivity contribution in [1.29, 1.82) is 0 Å². The maximum atomic E-state index is 14.0. The summed E-state index contributed by atoms with van der Waals surface area (Å²) in [5.41, 5.74) is 0.761. The van der Waals surface area contributed by atoms with Gasteiger partial charge in [-0.15, -0.1) is 0 Å². The second kappa shape index (κ2) is 6.66. The lowest BCUT2D eigenvalue weighted by molar-refractivity contribution is -0.117. The zero-order valence-electron chi connectivity index (χ0n) is 13.0. The third-order valence-corrected chi connectivity index (χ3v) is 3.94. The number of carbonyl (C=O) groups excluding carboxylic acids is 1. The Bertz CT molecular complexity index is 750. The molecule has 0 radical (unpaired) electrons. The molecule has 0 aliphatic carbocycles. The van der Waals surface area contributed by atoms with E-state index in [9.17, 15) is 18.7 Å². The summed E-state index contributed by atoms with van der Waals surface area (Å²) >= 11 is 0. The standard InChI is InChI=1S/C16H17F2N3O3/c1-9-4-16(24-20-9)19-15(23)8-21-7-11(22)6-14(21)12-5-10(17)2-3-13(12)18/h2-5,11,14,22H,6-8H2,1H3,(H,19,23)/t11-,14+/m1/s1. The fourth-order valence-electron chi connectivity index (χ4n) is 2.93. The van der Waals surface area contributed by atoms with Crippen LogP contribution in [0.3, 0.4) is 0 Å². The van der Waals surface area contributed by atoms with Gasteiger partial charge in [0.05, 0.1) is 18.3 Å². The molecule has 24 heavy (non-hydrogen) atoms. The number of aromatic nitrogens is 1. The Morgan fingerprint density at radius 1 is 1.46 bits per heavy atom. The maximum Gasteiger partial charge on any atom is 0.240 e. The number of likely N-dealkylation sites (tertiary alicyclic amines) is 1. The Morgan fingerprint density at radius 3 is 2.96 bits per heavy atom. The first-order chi connectivity index (χ1) is 11.4. The number of benzene rings is 1. The third kappa shape index (κ3) is 3.60. The predicted octanol–water partition coefficient (Wildman–Crippen LogP) is 2.01. The Hall–Kier alpha value is -2.32. The number of aliphatic hydroxyl groups is 1. The molecule has 0 spiro atoms. The van der Waals surface area contributed by atoms with Crippen LogP contribution in [0.2, 0.25) is 0 Å². The van der Waals surface area contributed by atoms with E-state index >= 15 is 0 Å². The Morgan fingerprint density at radius 2 is 2.25 bits per heavy atom. The predicted molar refractivity (Wildman–Crippen MR) is 81.2 cm³/mol. The summed E-state index contributed by atoms with van der Waals surface area (Å²) in [5, 5.41) is 16.1. The van der Waals surface area contributed by atoms with Gasteiger partial charge in [-0.1, -0.05) is 5.16 Å². The second-order valence-electron chi connectivity index (χ2n) is 5.88. The van der Waals surface area contributed by atoms with Crippen molar-refractivity contribution in [1.82, 2.24) is 10.1 Å². The van der Waals surface area contributed by atoms with Gasteiger partial charge >= 0.3 is 0 Å². The zero-order chi connectivity index (χ0) is 17.3. The van der Waals surface area contributed by atoms with Crippen molar-refractivity contribution >= 4 is 11.8 Å². The largest absolute Gasteiger partial charge is 0.392 e. The van der Waals surface area contributed by atoms with Crippen molar-refractivity contribution in [3.05, 3.63) is 47.2 Å². The van der Waals surface area contributed by atoms with Gasteiger partial charge in [0, 0.05) is 24.2 Å². The topological polar surface area (TPSA) is 78.6 Å². The van der Waals surface area contributed by atoms with Crippen LogP contribution in [-0.2, 0) is 4.79 Å². The van der Waals surface area contributed by atoms with Crippen molar-refractivity contribution in [2.24, 2.45) is 0 Å². The summed E-state index contributed by atoms with van der Waals surface area (Å²) < 4.78 is 32.3. The number of hydrogen-bond donors (Lipinski definition) is 2. The molecule has 1 amide bonds. The molecule has 6 nitrogen and oxygen atoms in total. The molecule has 2 atom stereocenters. The number of halogens is 2. The number of rotatable bonds is 4. The molecule has 1 aliphatic heterocycles. The molecule has 2 N–H and O–H groups in total. The lowest BCUT2D eigenvalue weighted by Crippen LogP contribution is -2.34. The van der Waals surface area contributed by atoms with Gasteiger partial charge in [0.15, 0.2) is 0 Å². The number of aryl methyl sites for hydroxylation is 1. The van der Waals surface area contributed by atoms with E-state index in [1.54, 1.807) is 17.9 Å². The minimum absolute atomic E-state index is 0.0859. The molecular formula is C16H17F2N3O3. The molecule has 128 valence electrons. The minimum Gasteiger partial charge on any atom is -0.392 e. The van der Waals surface area contributed by atoms with Crippen molar-refractivity contribution in [2.75, 3.05) is 18.4 Å². The number of nitrogens with zero attached hydrogens (tertiary/aromatic N) is 2. The van der Waals surface area contributed by atoms with E-state index in [4.69, 9.17) is 4.52 Å². The van der Waals surface area contributed by atoms with Crippen LogP contribution >= 0.6 is 0 Å². The van der Waals surface area contributed by atoms with Crippen LogP contribution in [0.15, 0.2) is 28.8 Å². The number of β-amino-alcohol motifs (C(OH)–C–C–N with tert-alkyl or cyclic N) is 1. The van der Waals surface area contributed by atoms with Crippen molar-refractivity contribution in [3.63, 3.8) is 0 Å². The average Bonchev–Trinajstić information content (AvgIpc) is 3.07. The van der Waals surface area contributed by atoms with Gasteiger partial charge in [0.2, 0.25) is 11.8 Å². The van der Waals surface area contributed by atoms with Gasteiger partial charge in [-0.05, 0) is 31.5 Å². The van der Waals surface area contributed by atoms with Gasteiger partial charge in [0.25, 0.3) is 0 Å². The van der Waals surface area contributed by atoms with Gasteiger partial charge < -0.3 is 9.63 Å². The minimum atomic E-state index is -0.710. The molecule has 2 aromatic rings. The molecular weight excluding hydrogens is 320 g/mol. The molecule has 2 heterocycles. The summed E-state index contributed by atoms with van der Waals surface area (Å²) in [5.74, 6) is -1.30. The Balaban J connectivity index is 1.73. The summed E-state index contributed by atoms with van der Waals surface area (Å²) in [6.45, 7) is 1.83. The Labute approximate surface area is 137 Å². The van der Waals surface area contributed by atoms with Gasteiger partial charge in [-0.25, -0.2) is 8.78 Å². The molecule has 8 heteroatoms. The molecule has 1 fully saturated rings. The molecule has 0 unspecified atom stereocenters. The van der Waals surface area contributed by atoms with Gasteiger partial charge in [-0.2, -0.15) is 0 Å². The van der Waals surface area contributed by atoms with Crippen molar-refractivity contribution in [2.45, 2.75) is 25.5 Å². The lowest BCUT2D eigenvalue weighted by Gasteiger charge is -2.24. The van der Waals surface area contributed by atoms with E-state index in [-0.39, 0.29) is 36.9 Å². The lowest BCUT2D eigenvalue weighted by atomic mass is 10.0. The number of nitrogens with one attached hydrogen (secondary N) is 1. The fourth-order valence-corrected chi connectivity index (χ4v) is 2.93. The molecule has 1 aliphatic rings. The van der Waals surface area contributed by atoms with E-state index in [0.717, 1.165) is 18.2 Å². The number of hydrogen-bond acceptors (Lipinski definition) is 5. The maximum absolute atomic E-state index is 14.0. The van der Waals surface area contributed by atoms with Crippen LogP contribution < -0.4 is 5.32 Å². The van der Waals surface area contributed by atoms with E-state index < -0.39 is 23.8 Å². The smallest absolute Gasteiger partial charge is 0.240 e. The highest BCUT2D eigenvalue weighted by molar-refractivity contribution is 5.91. The highest BCUT2D eigenvalue weighted by Gasteiger charge is 2.35. The summed E-state index contributed by atoms with van der Waals surface area (Å²) in [7, 11) is 0. The number of amides is 1. The van der Waals surface area contributed by atoms with Crippen LogP contribution in [0, 0.1) is 18.6 Å². The monoisotopic (exact) mass is 337 g/mol. The number of anilines is 1. The highest BCUT2D eigenvalue weighted by atomic mass is 19.1. The quantitative estimate of drug-likeness (QED) is 0.892. The van der Waals surface area contributed by atoms with Crippen LogP contribution in [0.25, 0.3) is 0 Å². The molecule has 1 aromatic heterocycles. The van der Waals surface area contributed by atoms with Crippen LogP contribution in [-0.4, -0.2) is 40.3 Å². The number of aliphatic hydroxyl groups excluding tert-OH is 1. The fraction of sp³-hybridized carbons (Fsp3) is 0.375. The van der Waals surface area contributed by atoms with Crippen LogP contribution in [0.4, 0.5) is 14.7 Å². The molecule has 3 rings (SSSR count).